The molecular formula is C17H16ClNO4. The Labute approximate surface area is 139 Å². The third kappa shape index (κ3) is 5.30. The summed E-state index contributed by atoms with van der Waals surface area (Å²) < 4.78 is 10.1. The van der Waals surface area contributed by atoms with E-state index in [0.717, 1.165) is 0 Å². The number of rotatable bonds is 6. The second-order valence-electron chi connectivity index (χ2n) is 4.67. The molecule has 0 saturated heterocycles. The van der Waals surface area contributed by atoms with Gasteiger partial charge in [-0.05, 0) is 42.5 Å². The number of nitrogens with one attached hydrogen (secondary N) is 1. The summed E-state index contributed by atoms with van der Waals surface area (Å²) in [6.45, 7) is 0.240. The Morgan fingerprint density at radius 1 is 1.13 bits per heavy atom. The molecule has 0 heterocycles. The molecule has 1 N–H and O–H groups in total. The number of methoxy groups -OCH3 is 1. The zero-order valence-electron chi connectivity index (χ0n) is 12.5. The van der Waals surface area contributed by atoms with Crippen molar-refractivity contribution in [1.82, 2.24) is 0 Å². The second-order valence-corrected chi connectivity index (χ2v) is 5.11. The van der Waals surface area contributed by atoms with E-state index in [1.54, 1.807) is 48.5 Å². The van der Waals surface area contributed by atoms with Crippen LogP contribution in [0.2, 0.25) is 5.02 Å². The van der Waals surface area contributed by atoms with E-state index in [-0.39, 0.29) is 18.9 Å². The van der Waals surface area contributed by atoms with Crippen LogP contribution in [0.15, 0.2) is 48.5 Å². The lowest BCUT2D eigenvalue weighted by molar-refractivity contribution is -0.116. The summed E-state index contributed by atoms with van der Waals surface area (Å²) in [5, 5.41) is 3.33. The maximum absolute atomic E-state index is 11.9. The molecule has 0 saturated carbocycles. The molecule has 5 nitrogen and oxygen atoms in total. The van der Waals surface area contributed by atoms with Gasteiger partial charge in [-0.2, -0.15) is 0 Å². The zero-order chi connectivity index (χ0) is 16.7. The SMILES string of the molecule is COC(=O)c1cccc(NC(=O)CCOc2ccc(Cl)cc2)c1. The Bertz CT molecular complexity index is 685. The smallest absolute Gasteiger partial charge is 0.337 e. The zero-order valence-corrected chi connectivity index (χ0v) is 13.3. The van der Waals surface area contributed by atoms with E-state index in [1.807, 2.05) is 0 Å². The minimum Gasteiger partial charge on any atom is -0.493 e. The van der Waals surface area contributed by atoms with Gasteiger partial charge in [-0.1, -0.05) is 17.7 Å². The highest BCUT2D eigenvalue weighted by Crippen LogP contribution is 2.16. The van der Waals surface area contributed by atoms with Crippen LogP contribution in [0.25, 0.3) is 0 Å². The Balaban J connectivity index is 1.82. The number of esters is 1. The second kappa shape index (κ2) is 8.19. The minimum atomic E-state index is -0.452. The molecule has 0 atom stereocenters. The molecule has 0 aliphatic heterocycles. The number of halogens is 1. The van der Waals surface area contributed by atoms with Crippen LogP contribution in [0.1, 0.15) is 16.8 Å². The van der Waals surface area contributed by atoms with Crippen molar-refractivity contribution >= 4 is 29.2 Å². The fourth-order valence-electron chi connectivity index (χ4n) is 1.86. The van der Waals surface area contributed by atoms with Crippen molar-refractivity contribution in [2.24, 2.45) is 0 Å². The number of benzene rings is 2. The fraction of sp³-hybridized carbons (Fsp3) is 0.176. The van der Waals surface area contributed by atoms with Crippen molar-refractivity contribution in [2.75, 3.05) is 19.0 Å². The molecule has 6 heteroatoms. The molecule has 2 aromatic carbocycles. The summed E-state index contributed by atoms with van der Waals surface area (Å²) in [4.78, 5) is 23.3. The third-order valence-electron chi connectivity index (χ3n) is 2.98. The molecule has 120 valence electrons. The van der Waals surface area contributed by atoms with E-state index in [4.69, 9.17) is 16.3 Å². The van der Waals surface area contributed by atoms with E-state index in [0.29, 0.717) is 22.0 Å². The highest BCUT2D eigenvalue weighted by atomic mass is 35.5. The van der Waals surface area contributed by atoms with Crippen molar-refractivity contribution in [3.8, 4) is 5.75 Å². The topological polar surface area (TPSA) is 64.6 Å². The summed E-state index contributed by atoms with van der Waals surface area (Å²) in [6, 6.07) is 13.5. The van der Waals surface area contributed by atoms with Gasteiger partial charge in [0.05, 0.1) is 25.7 Å². The monoisotopic (exact) mass is 333 g/mol. The molecule has 0 spiro atoms. The van der Waals surface area contributed by atoms with Crippen LogP contribution < -0.4 is 10.1 Å². The summed E-state index contributed by atoms with van der Waals surface area (Å²) >= 11 is 5.78. The lowest BCUT2D eigenvalue weighted by atomic mass is 10.2. The normalized spacial score (nSPS) is 10.0. The first-order valence-corrected chi connectivity index (χ1v) is 7.33. The average molecular weight is 334 g/mol. The highest BCUT2D eigenvalue weighted by molar-refractivity contribution is 6.30. The van der Waals surface area contributed by atoms with Crippen molar-refractivity contribution in [1.29, 1.82) is 0 Å². The molecule has 0 unspecified atom stereocenters. The largest absolute Gasteiger partial charge is 0.493 e. The molecule has 23 heavy (non-hydrogen) atoms. The average Bonchev–Trinajstić information content (AvgIpc) is 2.56. The molecule has 0 aliphatic rings. The number of carbonyl (C=O) groups is 2. The molecule has 0 aliphatic carbocycles. The van der Waals surface area contributed by atoms with Crippen molar-refractivity contribution in [3.63, 3.8) is 0 Å². The van der Waals surface area contributed by atoms with Gasteiger partial charge in [-0.25, -0.2) is 4.79 Å². The van der Waals surface area contributed by atoms with E-state index in [2.05, 4.69) is 10.1 Å². The number of hydrogen-bond acceptors (Lipinski definition) is 4. The van der Waals surface area contributed by atoms with Crippen LogP contribution in [-0.4, -0.2) is 25.6 Å². The van der Waals surface area contributed by atoms with Gasteiger partial charge < -0.3 is 14.8 Å². The highest BCUT2D eigenvalue weighted by Gasteiger charge is 2.08. The predicted octanol–water partition coefficient (Wildman–Crippen LogP) is 3.53. The Kier molecular flexibility index (Phi) is 6.00. The number of amides is 1. The Morgan fingerprint density at radius 3 is 2.57 bits per heavy atom. The summed E-state index contributed by atoms with van der Waals surface area (Å²) in [5.74, 6) is -0.0111. The van der Waals surface area contributed by atoms with Crippen LogP contribution in [0.4, 0.5) is 5.69 Å². The van der Waals surface area contributed by atoms with Gasteiger partial charge in [-0.15, -0.1) is 0 Å². The fourth-order valence-corrected chi connectivity index (χ4v) is 1.98. The van der Waals surface area contributed by atoms with Gasteiger partial charge in [0.15, 0.2) is 0 Å². The van der Waals surface area contributed by atoms with Crippen LogP contribution >= 0.6 is 11.6 Å². The third-order valence-corrected chi connectivity index (χ3v) is 3.23. The van der Waals surface area contributed by atoms with Crippen molar-refractivity contribution < 1.29 is 19.1 Å². The maximum Gasteiger partial charge on any atom is 0.337 e. The van der Waals surface area contributed by atoms with Gasteiger partial charge in [0.2, 0.25) is 5.91 Å². The van der Waals surface area contributed by atoms with Gasteiger partial charge in [0.1, 0.15) is 5.75 Å². The first-order valence-electron chi connectivity index (χ1n) is 6.95. The lowest BCUT2D eigenvalue weighted by Crippen LogP contribution is -2.15. The molecule has 0 aromatic heterocycles. The number of carbonyl (C=O) groups excluding carboxylic acids is 2. The quantitative estimate of drug-likeness (QED) is 0.821. The van der Waals surface area contributed by atoms with E-state index in [9.17, 15) is 9.59 Å². The number of hydrogen-bond donors (Lipinski definition) is 1. The van der Waals surface area contributed by atoms with Crippen molar-refractivity contribution in [3.05, 3.63) is 59.1 Å². The standard InChI is InChI=1S/C17H16ClNO4/c1-22-17(21)12-3-2-4-14(11-12)19-16(20)9-10-23-15-7-5-13(18)6-8-15/h2-8,11H,9-10H2,1H3,(H,19,20). The minimum absolute atomic E-state index is 0.186. The van der Waals surface area contributed by atoms with Crippen LogP contribution in [-0.2, 0) is 9.53 Å². The Morgan fingerprint density at radius 2 is 1.87 bits per heavy atom. The molecule has 1 amide bonds. The van der Waals surface area contributed by atoms with Crippen molar-refractivity contribution in [2.45, 2.75) is 6.42 Å². The first-order chi connectivity index (χ1) is 11.1. The van der Waals surface area contributed by atoms with E-state index >= 15 is 0 Å². The molecule has 0 radical (unpaired) electrons. The summed E-state index contributed by atoms with van der Waals surface area (Å²) in [5.41, 5.74) is 0.909. The van der Waals surface area contributed by atoms with Crippen LogP contribution in [0.3, 0.4) is 0 Å². The molecule has 2 aromatic rings. The van der Waals surface area contributed by atoms with Gasteiger partial charge in [0.25, 0.3) is 0 Å². The van der Waals surface area contributed by atoms with Gasteiger partial charge >= 0.3 is 5.97 Å². The molecule has 0 bridgehead atoms. The molecule has 2 rings (SSSR count). The molecule has 0 fully saturated rings. The van der Waals surface area contributed by atoms with Gasteiger partial charge in [0, 0.05) is 10.7 Å². The first kappa shape index (κ1) is 16.8. The lowest BCUT2D eigenvalue weighted by Gasteiger charge is -2.08. The number of ether oxygens (including phenoxy) is 2. The predicted molar refractivity (Wildman–Crippen MR) is 88.0 cm³/mol. The van der Waals surface area contributed by atoms with Gasteiger partial charge in [-0.3, -0.25) is 4.79 Å². The van der Waals surface area contributed by atoms with Crippen LogP contribution in [0, 0.1) is 0 Å². The summed E-state index contributed by atoms with van der Waals surface area (Å²) in [6.07, 6.45) is 0.186. The molecular weight excluding hydrogens is 318 g/mol. The Hall–Kier alpha value is -2.53. The maximum atomic E-state index is 11.9. The van der Waals surface area contributed by atoms with E-state index in [1.165, 1.54) is 7.11 Å². The number of anilines is 1. The van der Waals surface area contributed by atoms with Crippen LogP contribution in [0.5, 0.6) is 5.75 Å². The van der Waals surface area contributed by atoms with E-state index < -0.39 is 5.97 Å². The summed E-state index contributed by atoms with van der Waals surface area (Å²) in [7, 11) is 1.31.